The molecule has 0 N–H and O–H groups in total. The molecule has 4 aromatic rings. The number of carbonyl (C=O) groups is 1. The Balaban J connectivity index is 1.84. The third-order valence-electron chi connectivity index (χ3n) is 4.51. The number of hydrogen-bond acceptors (Lipinski definition) is 6. The highest BCUT2D eigenvalue weighted by Gasteiger charge is 2.24. The fourth-order valence-electron chi connectivity index (χ4n) is 3.07. The van der Waals surface area contributed by atoms with Gasteiger partial charge < -0.3 is 9.47 Å². The molecule has 0 aliphatic heterocycles. The molecule has 0 bridgehead atoms. The fraction of sp³-hybridized carbons (Fsp3) is 0.136. The molecule has 0 aliphatic rings. The number of carbonyl (C=O) groups excluding carboxylic acids is 1. The summed E-state index contributed by atoms with van der Waals surface area (Å²) >= 11 is 1.31. The first-order valence-electron chi connectivity index (χ1n) is 9.08. The van der Waals surface area contributed by atoms with Crippen LogP contribution >= 0.6 is 11.3 Å². The van der Waals surface area contributed by atoms with Gasteiger partial charge in [-0.05, 0) is 42.0 Å². The van der Waals surface area contributed by atoms with Crippen molar-refractivity contribution in [2.75, 3.05) is 19.1 Å². The van der Waals surface area contributed by atoms with E-state index in [1.54, 1.807) is 50.9 Å². The van der Waals surface area contributed by atoms with Crippen LogP contribution < -0.4 is 14.4 Å². The SMILES string of the molecule is COc1ccc(OC)c2sc(N(Cc3cccnc3)C(=O)c3cccc(F)c3)nc12. The number of pyridine rings is 1. The largest absolute Gasteiger partial charge is 0.495 e. The average Bonchev–Trinajstić information content (AvgIpc) is 3.22. The molecule has 2 aromatic heterocycles. The van der Waals surface area contributed by atoms with Crippen molar-refractivity contribution in [2.45, 2.75) is 6.54 Å². The first-order chi connectivity index (χ1) is 14.6. The Morgan fingerprint density at radius 1 is 1.10 bits per heavy atom. The van der Waals surface area contributed by atoms with Crippen molar-refractivity contribution in [3.63, 3.8) is 0 Å². The smallest absolute Gasteiger partial charge is 0.260 e. The Labute approximate surface area is 176 Å². The second kappa shape index (κ2) is 8.46. The Kier molecular flexibility index (Phi) is 5.58. The molecule has 1 amide bonds. The van der Waals surface area contributed by atoms with Crippen LogP contribution in [0.2, 0.25) is 0 Å². The van der Waals surface area contributed by atoms with Crippen molar-refractivity contribution in [2.24, 2.45) is 0 Å². The minimum Gasteiger partial charge on any atom is -0.495 e. The second-order valence-electron chi connectivity index (χ2n) is 6.41. The summed E-state index contributed by atoms with van der Waals surface area (Å²) in [6.45, 7) is 0.230. The van der Waals surface area contributed by atoms with E-state index in [0.29, 0.717) is 22.1 Å². The molecule has 152 valence electrons. The summed E-state index contributed by atoms with van der Waals surface area (Å²) in [7, 11) is 3.14. The lowest BCUT2D eigenvalue weighted by Crippen LogP contribution is -2.30. The predicted molar refractivity (Wildman–Crippen MR) is 114 cm³/mol. The van der Waals surface area contributed by atoms with Crippen LogP contribution in [0.15, 0.2) is 60.9 Å². The molecule has 2 heterocycles. The van der Waals surface area contributed by atoms with E-state index < -0.39 is 5.82 Å². The molecule has 0 radical (unpaired) electrons. The molecule has 0 aliphatic carbocycles. The summed E-state index contributed by atoms with van der Waals surface area (Å²) < 4.78 is 25.4. The van der Waals surface area contributed by atoms with Crippen molar-refractivity contribution in [1.82, 2.24) is 9.97 Å². The summed E-state index contributed by atoms with van der Waals surface area (Å²) in [5, 5.41) is 0.450. The van der Waals surface area contributed by atoms with Crippen LogP contribution in [-0.4, -0.2) is 30.1 Å². The highest BCUT2D eigenvalue weighted by atomic mass is 32.1. The Bertz CT molecular complexity index is 1160. The third kappa shape index (κ3) is 3.81. The van der Waals surface area contributed by atoms with Crippen LogP contribution in [0.3, 0.4) is 0 Å². The third-order valence-corrected chi connectivity index (χ3v) is 5.60. The van der Waals surface area contributed by atoms with Gasteiger partial charge in [0.2, 0.25) is 0 Å². The van der Waals surface area contributed by atoms with Gasteiger partial charge >= 0.3 is 0 Å². The van der Waals surface area contributed by atoms with E-state index in [9.17, 15) is 9.18 Å². The summed E-state index contributed by atoms with van der Waals surface area (Å²) in [4.78, 5) is 23.6. The van der Waals surface area contributed by atoms with Crippen LogP contribution in [0.1, 0.15) is 15.9 Å². The lowest BCUT2D eigenvalue weighted by molar-refractivity contribution is 0.0984. The van der Waals surface area contributed by atoms with Gasteiger partial charge in [-0.2, -0.15) is 0 Å². The Morgan fingerprint density at radius 2 is 1.90 bits per heavy atom. The minimum atomic E-state index is -0.477. The van der Waals surface area contributed by atoms with Crippen molar-refractivity contribution < 1.29 is 18.7 Å². The maximum atomic E-state index is 13.8. The van der Waals surface area contributed by atoms with Crippen LogP contribution in [-0.2, 0) is 6.54 Å². The van der Waals surface area contributed by atoms with Crippen LogP contribution in [0.25, 0.3) is 10.2 Å². The number of ether oxygens (including phenoxy) is 2. The van der Waals surface area contributed by atoms with Gasteiger partial charge in [0.15, 0.2) is 5.13 Å². The molecular weight excluding hydrogens is 405 g/mol. The maximum Gasteiger partial charge on any atom is 0.260 e. The van der Waals surface area contributed by atoms with Crippen LogP contribution in [0, 0.1) is 5.82 Å². The zero-order valence-corrected chi connectivity index (χ0v) is 17.1. The molecule has 8 heteroatoms. The van der Waals surface area contributed by atoms with Crippen molar-refractivity contribution in [1.29, 1.82) is 0 Å². The first-order valence-corrected chi connectivity index (χ1v) is 9.90. The molecule has 0 saturated carbocycles. The molecule has 4 rings (SSSR count). The van der Waals surface area contributed by atoms with Crippen LogP contribution in [0.5, 0.6) is 11.5 Å². The number of methoxy groups -OCH3 is 2. The van der Waals surface area contributed by atoms with Gasteiger partial charge in [-0.3, -0.25) is 14.7 Å². The van der Waals surface area contributed by atoms with E-state index >= 15 is 0 Å². The molecule has 6 nitrogen and oxygen atoms in total. The average molecular weight is 423 g/mol. The van der Waals surface area contributed by atoms with Crippen molar-refractivity contribution in [3.8, 4) is 11.5 Å². The molecule has 0 spiro atoms. The number of nitrogens with zero attached hydrogens (tertiary/aromatic N) is 3. The standard InChI is InChI=1S/C22H18FN3O3S/c1-28-17-8-9-18(29-2)20-19(17)25-22(30-20)26(13-14-5-4-10-24-12-14)21(27)15-6-3-7-16(23)11-15/h3-12H,13H2,1-2H3. The summed E-state index contributed by atoms with van der Waals surface area (Å²) in [6, 6.07) is 12.8. The van der Waals surface area contributed by atoms with Gasteiger partial charge in [-0.25, -0.2) is 9.37 Å². The molecule has 30 heavy (non-hydrogen) atoms. The van der Waals surface area contributed by atoms with Crippen molar-refractivity contribution >= 4 is 32.6 Å². The lowest BCUT2D eigenvalue weighted by atomic mass is 10.2. The number of amides is 1. The molecule has 0 atom stereocenters. The van der Waals surface area contributed by atoms with Crippen LogP contribution in [0.4, 0.5) is 9.52 Å². The van der Waals surface area contributed by atoms with E-state index in [1.165, 1.54) is 34.4 Å². The number of thiazole rings is 1. The molecule has 0 unspecified atom stereocenters. The maximum absolute atomic E-state index is 13.8. The zero-order chi connectivity index (χ0) is 21.1. The minimum absolute atomic E-state index is 0.230. The fourth-order valence-corrected chi connectivity index (χ4v) is 4.14. The monoisotopic (exact) mass is 423 g/mol. The number of fused-ring (bicyclic) bond motifs is 1. The van der Waals surface area contributed by atoms with E-state index in [1.807, 2.05) is 6.07 Å². The normalized spacial score (nSPS) is 10.8. The predicted octanol–water partition coefficient (Wildman–Crippen LogP) is 4.69. The van der Waals surface area contributed by atoms with E-state index in [4.69, 9.17) is 9.47 Å². The lowest BCUT2D eigenvalue weighted by Gasteiger charge is -2.20. The number of rotatable bonds is 6. The van der Waals surface area contributed by atoms with E-state index in [2.05, 4.69) is 9.97 Å². The van der Waals surface area contributed by atoms with E-state index in [-0.39, 0.29) is 18.0 Å². The van der Waals surface area contributed by atoms with E-state index in [0.717, 1.165) is 10.3 Å². The molecule has 0 fully saturated rings. The molecular formula is C22H18FN3O3S. The molecule has 2 aromatic carbocycles. The van der Waals surface area contributed by atoms with Gasteiger partial charge in [0.25, 0.3) is 5.91 Å². The highest BCUT2D eigenvalue weighted by Crippen LogP contribution is 2.40. The van der Waals surface area contributed by atoms with Gasteiger partial charge in [-0.15, -0.1) is 0 Å². The number of halogens is 1. The molecule has 0 saturated heterocycles. The Hall–Kier alpha value is -3.52. The quantitative estimate of drug-likeness (QED) is 0.450. The topological polar surface area (TPSA) is 64.6 Å². The summed E-state index contributed by atoms with van der Waals surface area (Å²) in [5.74, 6) is 0.368. The summed E-state index contributed by atoms with van der Waals surface area (Å²) in [5.41, 5.74) is 1.65. The van der Waals surface area contributed by atoms with Crippen molar-refractivity contribution in [3.05, 3.63) is 77.9 Å². The zero-order valence-electron chi connectivity index (χ0n) is 16.3. The first kappa shape index (κ1) is 19.8. The number of benzene rings is 2. The van der Waals surface area contributed by atoms with Gasteiger partial charge in [0, 0.05) is 18.0 Å². The number of hydrogen-bond donors (Lipinski definition) is 0. The van der Waals surface area contributed by atoms with Gasteiger partial charge in [0.1, 0.15) is 27.5 Å². The highest BCUT2D eigenvalue weighted by molar-refractivity contribution is 7.22. The Morgan fingerprint density at radius 3 is 2.60 bits per heavy atom. The number of anilines is 1. The number of aromatic nitrogens is 2. The van der Waals surface area contributed by atoms with Gasteiger partial charge in [-0.1, -0.05) is 23.5 Å². The summed E-state index contributed by atoms with van der Waals surface area (Å²) in [6.07, 6.45) is 3.34. The van der Waals surface area contributed by atoms with Gasteiger partial charge in [0.05, 0.1) is 20.8 Å². The second-order valence-corrected chi connectivity index (χ2v) is 7.38.